The predicted octanol–water partition coefficient (Wildman–Crippen LogP) is 1.42. The van der Waals surface area contributed by atoms with E-state index >= 15 is 0 Å². The summed E-state index contributed by atoms with van der Waals surface area (Å²) >= 11 is 1.23. The molecule has 1 amide bonds. The summed E-state index contributed by atoms with van der Waals surface area (Å²) in [6.45, 7) is 0. The molecule has 1 saturated heterocycles. The average molecular weight is 198 g/mol. The molecule has 0 atom stereocenters. The van der Waals surface area contributed by atoms with Crippen LogP contribution in [0.5, 0.6) is 0 Å². The molecule has 4 nitrogen and oxygen atoms in total. The Bertz CT molecular complexity index is 301. The summed E-state index contributed by atoms with van der Waals surface area (Å²) in [5.74, 6) is -0.116. The monoisotopic (exact) mass is 198 g/mol. The van der Waals surface area contributed by atoms with Gasteiger partial charge in [0.25, 0.3) is 5.91 Å². The molecule has 0 radical (unpaired) electrons. The molecule has 5 heteroatoms. The number of amides is 1. The molecule has 2 N–H and O–H groups in total. The third-order valence-electron chi connectivity index (χ3n) is 2.24. The second-order valence-electron chi connectivity index (χ2n) is 3.10. The third-order valence-corrected chi connectivity index (χ3v) is 3.30. The summed E-state index contributed by atoms with van der Waals surface area (Å²) < 4.78 is 0. The number of allylic oxidation sites excluding steroid dienone is 1. The number of amidine groups is 1. The number of rotatable bonds is 0. The van der Waals surface area contributed by atoms with Gasteiger partial charge in [0.2, 0.25) is 5.17 Å². The van der Waals surface area contributed by atoms with Crippen molar-refractivity contribution in [2.75, 3.05) is 0 Å². The summed E-state index contributed by atoms with van der Waals surface area (Å²) in [5.41, 5.74) is 1.21. The Balaban J connectivity index is 2.25. The van der Waals surface area contributed by atoms with E-state index in [9.17, 15) is 4.79 Å². The summed E-state index contributed by atoms with van der Waals surface area (Å²) in [6, 6.07) is 0. The first-order valence-corrected chi connectivity index (χ1v) is 5.06. The Morgan fingerprint density at radius 3 is 2.62 bits per heavy atom. The van der Waals surface area contributed by atoms with Gasteiger partial charge in [-0.25, -0.2) is 0 Å². The zero-order chi connectivity index (χ0) is 9.26. The lowest BCUT2D eigenvalue weighted by Gasteiger charge is -1.96. The van der Waals surface area contributed by atoms with Crippen LogP contribution in [-0.2, 0) is 4.79 Å². The molecule has 2 fully saturated rings. The maximum atomic E-state index is 11.3. The number of nitrogens with one attached hydrogen (secondary N) is 1. The fourth-order valence-electron chi connectivity index (χ4n) is 1.63. The molecule has 0 aromatic rings. The fourth-order valence-corrected chi connectivity index (χ4v) is 2.50. The highest BCUT2D eigenvalue weighted by atomic mass is 32.2. The molecule has 0 aromatic heterocycles. The van der Waals surface area contributed by atoms with Gasteiger partial charge in [0.05, 0.1) is 4.91 Å². The van der Waals surface area contributed by atoms with Crippen molar-refractivity contribution in [1.82, 2.24) is 5.32 Å². The Morgan fingerprint density at radius 2 is 2.08 bits per heavy atom. The van der Waals surface area contributed by atoms with Gasteiger partial charge in [-0.3, -0.25) is 10.1 Å². The van der Waals surface area contributed by atoms with Crippen LogP contribution >= 0.6 is 11.8 Å². The largest absolute Gasteiger partial charge is 0.409 e. The first-order chi connectivity index (χ1) is 6.31. The van der Waals surface area contributed by atoms with Crippen molar-refractivity contribution in [2.45, 2.75) is 25.7 Å². The van der Waals surface area contributed by atoms with Gasteiger partial charge in [-0.05, 0) is 37.4 Å². The van der Waals surface area contributed by atoms with Gasteiger partial charge in [-0.1, -0.05) is 10.7 Å². The number of oxime groups is 1. The normalized spacial score (nSPS) is 25.8. The van der Waals surface area contributed by atoms with E-state index in [0.29, 0.717) is 5.17 Å². The molecule has 0 bridgehead atoms. The molecule has 70 valence electrons. The first-order valence-electron chi connectivity index (χ1n) is 4.24. The zero-order valence-electron chi connectivity index (χ0n) is 7.04. The lowest BCUT2D eigenvalue weighted by atomic mass is 10.2. The number of carbonyl (C=O) groups is 1. The average Bonchev–Trinajstić information content (AvgIpc) is 2.72. The van der Waals surface area contributed by atoms with Crippen LogP contribution in [0.15, 0.2) is 15.6 Å². The van der Waals surface area contributed by atoms with E-state index in [1.54, 1.807) is 0 Å². The summed E-state index contributed by atoms with van der Waals surface area (Å²) in [7, 11) is 0. The van der Waals surface area contributed by atoms with E-state index in [-0.39, 0.29) is 5.91 Å². The minimum atomic E-state index is -0.116. The predicted molar refractivity (Wildman–Crippen MR) is 50.4 cm³/mol. The smallest absolute Gasteiger partial charge is 0.264 e. The second-order valence-corrected chi connectivity index (χ2v) is 4.10. The quantitative estimate of drug-likeness (QED) is 0.351. The van der Waals surface area contributed by atoms with Crippen LogP contribution in [0.3, 0.4) is 0 Å². The maximum Gasteiger partial charge on any atom is 0.264 e. The van der Waals surface area contributed by atoms with E-state index in [1.165, 1.54) is 17.3 Å². The Morgan fingerprint density at radius 1 is 1.38 bits per heavy atom. The standard InChI is InChI=1S/C8H10N2O2S/c11-7-6(5-3-1-2-4-5)13-8(9-7)10-12/h12H,1-4H2,(H,9,10,11). The summed E-state index contributed by atoms with van der Waals surface area (Å²) in [5, 5.41) is 14.2. The molecule has 1 saturated carbocycles. The fraction of sp³-hybridized carbons (Fsp3) is 0.500. The van der Waals surface area contributed by atoms with Crippen LogP contribution in [0.2, 0.25) is 0 Å². The SMILES string of the molecule is O=C1N/C(=N/O)SC1=C1CCCC1. The van der Waals surface area contributed by atoms with Crippen molar-refractivity contribution < 1.29 is 10.0 Å². The topological polar surface area (TPSA) is 61.7 Å². The molecule has 1 aliphatic heterocycles. The van der Waals surface area contributed by atoms with E-state index in [2.05, 4.69) is 10.5 Å². The number of thioether (sulfide) groups is 1. The van der Waals surface area contributed by atoms with E-state index in [4.69, 9.17) is 5.21 Å². The Kier molecular flexibility index (Phi) is 2.26. The molecule has 0 aromatic carbocycles. The molecule has 0 unspecified atom stereocenters. The highest BCUT2D eigenvalue weighted by Gasteiger charge is 2.28. The van der Waals surface area contributed by atoms with Crippen LogP contribution < -0.4 is 5.32 Å². The summed E-state index contributed by atoms with van der Waals surface area (Å²) in [6.07, 6.45) is 4.35. The molecule has 0 spiro atoms. The van der Waals surface area contributed by atoms with Gasteiger partial charge in [0.15, 0.2) is 0 Å². The van der Waals surface area contributed by atoms with Gasteiger partial charge in [0.1, 0.15) is 0 Å². The molecule has 1 aliphatic carbocycles. The van der Waals surface area contributed by atoms with Crippen LogP contribution in [0.25, 0.3) is 0 Å². The van der Waals surface area contributed by atoms with Crippen LogP contribution in [-0.4, -0.2) is 16.3 Å². The van der Waals surface area contributed by atoms with Gasteiger partial charge in [-0.15, -0.1) is 0 Å². The van der Waals surface area contributed by atoms with Crippen molar-refractivity contribution in [3.05, 3.63) is 10.5 Å². The number of carbonyl (C=O) groups excluding carboxylic acids is 1. The third kappa shape index (κ3) is 1.56. The van der Waals surface area contributed by atoms with Crippen molar-refractivity contribution >= 4 is 22.8 Å². The van der Waals surface area contributed by atoms with Crippen LogP contribution in [0.1, 0.15) is 25.7 Å². The van der Waals surface area contributed by atoms with Gasteiger partial charge < -0.3 is 5.21 Å². The minimum Gasteiger partial charge on any atom is -0.409 e. The number of hydrogen-bond acceptors (Lipinski definition) is 4. The molecular formula is C8H10N2O2S. The van der Waals surface area contributed by atoms with Crippen molar-refractivity contribution in [1.29, 1.82) is 0 Å². The van der Waals surface area contributed by atoms with Gasteiger partial charge in [-0.2, -0.15) is 0 Å². The molecule has 2 aliphatic rings. The zero-order valence-corrected chi connectivity index (χ0v) is 7.86. The van der Waals surface area contributed by atoms with Crippen LogP contribution in [0.4, 0.5) is 0 Å². The van der Waals surface area contributed by atoms with Crippen molar-refractivity contribution in [3.63, 3.8) is 0 Å². The highest BCUT2D eigenvalue weighted by molar-refractivity contribution is 8.18. The van der Waals surface area contributed by atoms with Crippen molar-refractivity contribution in [2.24, 2.45) is 5.16 Å². The van der Waals surface area contributed by atoms with Crippen LogP contribution in [0, 0.1) is 0 Å². The van der Waals surface area contributed by atoms with E-state index < -0.39 is 0 Å². The Hall–Kier alpha value is -0.970. The van der Waals surface area contributed by atoms with Gasteiger partial charge in [0, 0.05) is 0 Å². The van der Waals surface area contributed by atoms with Gasteiger partial charge >= 0.3 is 0 Å². The minimum absolute atomic E-state index is 0.116. The highest BCUT2D eigenvalue weighted by Crippen LogP contribution is 2.35. The van der Waals surface area contributed by atoms with E-state index in [0.717, 1.165) is 30.6 Å². The molecule has 2 rings (SSSR count). The first kappa shape index (κ1) is 8.62. The number of nitrogens with zero attached hydrogens (tertiary/aromatic N) is 1. The maximum absolute atomic E-state index is 11.3. The second kappa shape index (κ2) is 3.41. The summed E-state index contributed by atoms with van der Waals surface area (Å²) in [4.78, 5) is 12.1. The lowest BCUT2D eigenvalue weighted by molar-refractivity contribution is -0.115. The molecule has 1 heterocycles. The lowest BCUT2D eigenvalue weighted by Crippen LogP contribution is -2.19. The number of hydrogen-bond donors (Lipinski definition) is 2. The van der Waals surface area contributed by atoms with E-state index in [1.807, 2.05) is 0 Å². The Labute approximate surface area is 80.1 Å². The molecular weight excluding hydrogens is 188 g/mol. The van der Waals surface area contributed by atoms with Crippen molar-refractivity contribution in [3.8, 4) is 0 Å². The molecule has 13 heavy (non-hydrogen) atoms.